The van der Waals surface area contributed by atoms with E-state index in [1.54, 1.807) is 0 Å². The lowest BCUT2D eigenvalue weighted by Crippen LogP contribution is -2.54. The molecule has 1 saturated heterocycles. The third-order valence-corrected chi connectivity index (χ3v) is 8.27. The van der Waals surface area contributed by atoms with Gasteiger partial charge in [-0.15, -0.1) is 0 Å². The number of piperidine rings is 1. The van der Waals surface area contributed by atoms with E-state index < -0.39 is 0 Å². The van der Waals surface area contributed by atoms with Crippen molar-refractivity contribution in [2.45, 2.75) is 63.8 Å². The van der Waals surface area contributed by atoms with Crippen molar-refractivity contribution in [1.82, 2.24) is 9.80 Å². The Morgan fingerprint density at radius 3 is 2.20 bits per heavy atom. The molecular formula is C21H34N2O2. The lowest BCUT2D eigenvalue weighted by atomic mass is 9.49. The first kappa shape index (κ1) is 16.6. The summed E-state index contributed by atoms with van der Waals surface area (Å²) in [5.41, 5.74) is 0.379. The molecule has 0 aromatic rings. The smallest absolute Gasteiger partial charge is 0.236 e. The SMILES string of the molecule is O=C(CN1C[C@@H]2CC[C@H]1C2)N(CCO)CC12CC3CC(CC(C3)C1)C2. The summed E-state index contributed by atoms with van der Waals surface area (Å²) in [6, 6.07) is 0.657. The molecule has 0 aromatic carbocycles. The Balaban J connectivity index is 1.26. The molecule has 5 aliphatic carbocycles. The molecule has 6 aliphatic rings. The number of fused-ring (bicyclic) bond motifs is 2. The fourth-order valence-corrected chi connectivity index (χ4v) is 7.80. The average Bonchev–Trinajstić information content (AvgIpc) is 3.15. The number of carbonyl (C=O) groups excluding carboxylic acids is 1. The Morgan fingerprint density at radius 1 is 1.00 bits per heavy atom. The summed E-state index contributed by atoms with van der Waals surface area (Å²) in [5, 5.41) is 9.56. The fourth-order valence-electron chi connectivity index (χ4n) is 7.80. The first-order chi connectivity index (χ1) is 12.1. The van der Waals surface area contributed by atoms with Gasteiger partial charge in [0, 0.05) is 25.7 Å². The maximum absolute atomic E-state index is 13.1. The lowest BCUT2D eigenvalue weighted by molar-refractivity contribution is -0.139. The number of aliphatic hydroxyl groups is 1. The van der Waals surface area contributed by atoms with Gasteiger partial charge in [0.2, 0.25) is 5.91 Å². The van der Waals surface area contributed by atoms with E-state index in [0.29, 0.717) is 24.5 Å². The number of likely N-dealkylation sites (tertiary alicyclic amines) is 1. The summed E-state index contributed by atoms with van der Waals surface area (Å²) in [6.45, 7) is 3.26. The van der Waals surface area contributed by atoms with Crippen LogP contribution in [0, 0.1) is 29.1 Å². The van der Waals surface area contributed by atoms with Gasteiger partial charge in [0.25, 0.3) is 0 Å². The zero-order valence-corrected chi connectivity index (χ0v) is 15.5. The summed E-state index contributed by atoms with van der Waals surface area (Å²) in [5.74, 6) is 3.88. The minimum Gasteiger partial charge on any atom is -0.395 e. The zero-order chi connectivity index (χ0) is 17.0. The molecule has 0 radical (unpaired) electrons. The van der Waals surface area contributed by atoms with Crippen LogP contribution in [0.5, 0.6) is 0 Å². The summed E-state index contributed by atoms with van der Waals surface area (Å²) in [4.78, 5) is 17.5. The van der Waals surface area contributed by atoms with Gasteiger partial charge in [-0.05, 0) is 86.9 Å². The molecule has 1 amide bonds. The van der Waals surface area contributed by atoms with Crippen LogP contribution in [-0.2, 0) is 4.79 Å². The second-order valence-corrected chi connectivity index (χ2v) is 10.2. The molecule has 4 nitrogen and oxygen atoms in total. The summed E-state index contributed by atoms with van der Waals surface area (Å²) < 4.78 is 0. The maximum Gasteiger partial charge on any atom is 0.236 e. The van der Waals surface area contributed by atoms with Gasteiger partial charge in [-0.2, -0.15) is 0 Å². The van der Waals surface area contributed by atoms with Crippen molar-refractivity contribution < 1.29 is 9.90 Å². The first-order valence-corrected chi connectivity index (χ1v) is 10.8. The monoisotopic (exact) mass is 346 g/mol. The summed E-state index contributed by atoms with van der Waals surface area (Å²) in [6.07, 6.45) is 12.3. The van der Waals surface area contributed by atoms with E-state index in [-0.39, 0.29) is 12.5 Å². The highest BCUT2D eigenvalue weighted by molar-refractivity contribution is 5.78. The highest BCUT2D eigenvalue weighted by atomic mass is 16.3. The number of rotatable bonds is 6. The first-order valence-electron chi connectivity index (χ1n) is 10.8. The predicted molar refractivity (Wildman–Crippen MR) is 97.0 cm³/mol. The average molecular weight is 347 g/mol. The number of hydrogen-bond donors (Lipinski definition) is 1. The molecule has 6 fully saturated rings. The molecule has 4 heteroatoms. The Hall–Kier alpha value is -0.610. The topological polar surface area (TPSA) is 43.8 Å². The number of nitrogens with zero attached hydrogens (tertiary/aromatic N) is 2. The van der Waals surface area contributed by atoms with Gasteiger partial charge >= 0.3 is 0 Å². The maximum atomic E-state index is 13.1. The standard InChI is InChI=1S/C21H34N2O2/c24-4-3-22(20(25)13-23-12-15-1-2-19(23)8-15)14-21-9-16-5-17(10-21)7-18(6-16)11-21/h15-19,24H,1-14H2/t15-,16?,17?,18?,19+,21?/m1/s1. The van der Waals surface area contributed by atoms with Crippen molar-refractivity contribution >= 4 is 5.91 Å². The van der Waals surface area contributed by atoms with E-state index in [2.05, 4.69) is 4.90 Å². The van der Waals surface area contributed by atoms with Gasteiger partial charge in [-0.25, -0.2) is 0 Å². The van der Waals surface area contributed by atoms with Gasteiger partial charge in [-0.1, -0.05) is 0 Å². The minimum absolute atomic E-state index is 0.101. The van der Waals surface area contributed by atoms with Gasteiger partial charge in [0.15, 0.2) is 0 Å². The Kier molecular flexibility index (Phi) is 4.12. The third kappa shape index (κ3) is 3.03. The van der Waals surface area contributed by atoms with E-state index in [1.807, 2.05) is 4.90 Å². The Morgan fingerprint density at radius 2 is 1.68 bits per heavy atom. The van der Waals surface area contributed by atoms with Crippen LogP contribution in [0.4, 0.5) is 0 Å². The van der Waals surface area contributed by atoms with E-state index in [0.717, 1.165) is 36.8 Å². The van der Waals surface area contributed by atoms with Crippen LogP contribution in [0.15, 0.2) is 0 Å². The fraction of sp³-hybridized carbons (Fsp3) is 0.952. The summed E-state index contributed by atoms with van der Waals surface area (Å²) in [7, 11) is 0. The molecule has 0 aromatic heterocycles. The molecule has 1 heterocycles. The highest BCUT2D eigenvalue weighted by Crippen LogP contribution is 2.60. The highest BCUT2D eigenvalue weighted by Gasteiger charge is 2.51. The van der Waals surface area contributed by atoms with E-state index in [1.165, 1.54) is 57.8 Å². The minimum atomic E-state index is 0.101. The van der Waals surface area contributed by atoms with E-state index >= 15 is 0 Å². The molecule has 25 heavy (non-hydrogen) atoms. The Bertz CT molecular complexity index is 499. The molecule has 140 valence electrons. The van der Waals surface area contributed by atoms with Crippen LogP contribution in [0.2, 0.25) is 0 Å². The normalized spacial score (nSPS) is 44.6. The second kappa shape index (κ2) is 6.23. The van der Waals surface area contributed by atoms with E-state index in [4.69, 9.17) is 0 Å². The number of carbonyl (C=O) groups is 1. The summed E-state index contributed by atoms with van der Waals surface area (Å²) >= 11 is 0. The molecule has 1 aliphatic heterocycles. The van der Waals surface area contributed by atoms with Gasteiger partial charge in [-0.3, -0.25) is 9.69 Å². The van der Waals surface area contributed by atoms with Crippen LogP contribution in [-0.4, -0.2) is 59.6 Å². The quantitative estimate of drug-likeness (QED) is 0.804. The molecule has 6 rings (SSSR count). The molecule has 5 saturated carbocycles. The predicted octanol–water partition coefficient (Wildman–Crippen LogP) is 2.51. The number of aliphatic hydroxyl groups excluding tert-OH is 1. The Labute approximate surface area is 151 Å². The van der Waals surface area contributed by atoms with Crippen molar-refractivity contribution in [2.24, 2.45) is 29.1 Å². The van der Waals surface area contributed by atoms with Crippen LogP contribution < -0.4 is 0 Å². The van der Waals surface area contributed by atoms with Crippen LogP contribution in [0.1, 0.15) is 57.8 Å². The molecule has 0 unspecified atom stereocenters. The van der Waals surface area contributed by atoms with Gasteiger partial charge in [0.05, 0.1) is 13.2 Å². The van der Waals surface area contributed by atoms with Crippen LogP contribution >= 0.6 is 0 Å². The number of hydrogen-bond acceptors (Lipinski definition) is 3. The largest absolute Gasteiger partial charge is 0.395 e. The zero-order valence-electron chi connectivity index (χ0n) is 15.5. The molecular weight excluding hydrogens is 312 g/mol. The lowest BCUT2D eigenvalue weighted by Gasteiger charge is -2.58. The van der Waals surface area contributed by atoms with Crippen LogP contribution in [0.3, 0.4) is 0 Å². The van der Waals surface area contributed by atoms with Crippen molar-refractivity contribution in [3.8, 4) is 0 Å². The van der Waals surface area contributed by atoms with E-state index in [9.17, 15) is 9.90 Å². The van der Waals surface area contributed by atoms with Crippen molar-refractivity contribution in [1.29, 1.82) is 0 Å². The van der Waals surface area contributed by atoms with Gasteiger partial charge in [0.1, 0.15) is 0 Å². The number of amides is 1. The molecule has 2 atom stereocenters. The van der Waals surface area contributed by atoms with Crippen molar-refractivity contribution in [2.75, 3.05) is 32.8 Å². The third-order valence-electron chi connectivity index (χ3n) is 8.27. The van der Waals surface area contributed by atoms with Crippen molar-refractivity contribution in [3.05, 3.63) is 0 Å². The molecule has 6 bridgehead atoms. The molecule has 1 N–H and O–H groups in total. The molecule has 0 spiro atoms. The van der Waals surface area contributed by atoms with Crippen LogP contribution in [0.25, 0.3) is 0 Å². The van der Waals surface area contributed by atoms with Gasteiger partial charge < -0.3 is 10.0 Å². The second-order valence-electron chi connectivity index (χ2n) is 10.2. The van der Waals surface area contributed by atoms with Crippen molar-refractivity contribution in [3.63, 3.8) is 0 Å².